The standard InChI is InChI=1S/C14H18N2O3/c1-16(2)13(17)8-15-14(18)11-7-10-5-3-4-6-12(10)19-9-11/h3-6,11H,7-9H2,1-2H3,(H,15,18)/t11-/m0/s1. The summed E-state index contributed by atoms with van der Waals surface area (Å²) in [6.45, 7) is 0.392. The summed E-state index contributed by atoms with van der Waals surface area (Å²) < 4.78 is 5.56. The third-order valence-electron chi connectivity index (χ3n) is 3.16. The minimum Gasteiger partial charge on any atom is -0.492 e. The highest BCUT2D eigenvalue weighted by Crippen LogP contribution is 2.26. The molecule has 1 heterocycles. The number of likely N-dealkylation sites (N-methyl/N-ethyl adjacent to an activating group) is 1. The van der Waals surface area contributed by atoms with Gasteiger partial charge in [-0.15, -0.1) is 0 Å². The Kier molecular flexibility index (Phi) is 4.04. The van der Waals surface area contributed by atoms with Crippen molar-refractivity contribution >= 4 is 11.8 Å². The van der Waals surface area contributed by atoms with Crippen molar-refractivity contribution in [2.24, 2.45) is 5.92 Å². The number of ether oxygens (including phenoxy) is 1. The van der Waals surface area contributed by atoms with Crippen LogP contribution in [0.25, 0.3) is 0 Å². The predicted molar refractivity (Wildman–Crippen MR) is 70.8 cm³/mol. The second kappa shape index (κ2) is 5.73. The van der Waals surface area contributed by atoms with Crippen LogP contribution in [0.2, 0.25) is 0 Å². The smallest absolute Gasteiger partial charge is 0.241 e. The SMILES string of the molecule is CN(C)C(=O)CNC(=O)[C@@H]1COc2ccccc2C1. The fourth-order valence-corrected chi connectivity index (χ4v) is 1.96. The highest BCUT2D eigenvalue weighted by Gasteiger charge is 2.25. The van der Waals surface area contributed by atoms with Crippen molar-refractivity contribution in [3.8, 4) is 5.75 Å². The molecule has 0 fully saturated rings. The van der Waals surface area contributed by atoms with Crippen LogP contribution in [0.4, 0.5) is 0 Å². The molecule has 1 aliphatic heterocycles. The summed E-state index contributed by atoms with van der Waals surface area (Å²) in [5.74, 6) is 0.357. The molecule has 0 unspecified atom stereocenters. The average Bonchev–Trinajstić information content (AvgIpc) is 2.43. The summed E-state index contributed by atoms with van der Waals surface area (Å²) in [7, 11) is 3.32. The zero-order valence-electron chi connectivity index (χ0n) is 11.2. The van der Waals surface area contributed by atoms with E-state index in [0.29, 0.717) is 13.0 Å². The topological polar surface area (TPSA) is 58.6 Å². The van der Waals surface area contributed by atoms with Crippen LogP contribution in [0.1, 0.15) is 5.56 Å². The van der Waals surface area contributed by atoms with Gasteiger partial charge in [0, 0.05) is 14.1 Å². The number of hydrogen-bond donors (Lipinski definition) is 1. The summed E-state index contributed by atoms with van der Waals surface area (Å²) in [5, 5.41) is 2.65. The van der Waals surface area contributed by atoms with E-state index >= 15 is 0 Å². The predicted octanol–water partition coefficient (Wildman–Crippen LogP) is 0.442. The first-order valence-corrected chi connectivity index (χ1v) is 6.26. The second-order valence-electron chi connectivity index (χ2n) is 4.83. The van der Waals surface area contributed by atoms with Crippen LogP contribution < -0.4 is 10.1 Å². The average molecular weight is 262 g/mol. The lowest BCUT2D eigenvalue weighted by atomic mass is 9.96. The number of nitrogens with zero attached hydrogens (tertiary/aromatic N) is 1. The first-order chi connectivity index (χ1) is 9.08. The van der Waals surface area contributed by atoms with Gasteiger partial charge in [0.2, 0.25) is 11.8 Å². The van der Waals surface area contributed by atoms with Crippen molar-refractivity contribution < 1.29 is 14.3 Å². The van der Waals surface area contributed by atoms with Gasteiger partial charge in [-0.3, -0.25) is 9.59 Å². The largest absolute Gasteiger partial charge is 0.492 e. The molecule has 0 bridgehead atoms. The molecule has 0 aromatic heterocycles. The fourth-order valence-electron chi connectivity index (χ4n) is 1.96. The molecule has 1 N–H and O–H groups in total. The minimum absolute atomic E-state index is 0.0317. The van der Waals surface area contributed by atoms with Crippen molar-refractivity contribution in [2.75, 3.05) is 27.2 Å². The third kappa shape index (κ3) is 3.24. The molecule has 5 nitrogen and oxygen atoms in total. The maximum absolute atomic E-state index is 12.0. The molecule has 5 heteroatoms. The lowest BCUT2D eigenvalue weighted by molar-refractivity contribution is -0.132. The van der Waals surface area contributed by atoms with E-state index < -0.39 is 0 Å². The molecule has 1 atom stereocenters. The van der Waals surface area contributed by atoms with Crippen LogP contribution in [0, 0.1) is 5.92 Å². The first kappa shape index (κ1) is 13.4. The molecule has 0 saturated carbocycles. The Bertz CT molecular complexity index is 485. The minimum atomic E-state index is -0.232. The van der Waals surface area contributed by atoms with Crippen LogP contribution in [-0.2, 0) is 16.0 Å². The van der Waals surface area contributed by atoms with E-state index in [4.69, 9.17) is 4.74 Å². The Morgan fingerprint density at radius 3 is 2.84 bits per heavy atom. The number of carbonyl (C=O) groups excluding carboxylic acids is 2. The lowest BCUT2D eigenvalue weighted by Gasteiger charge is -2.24. The number of hydrogen-bond acceptors (Lipinski definition) is 3. The molecular formula is C14H18N2O3. The Morgan fingerprint density at radius 1 is 1.37 bits per heavy atom. The van der Waals surface area contributed by atoms with Crippen molar-refractivity contribution in [3.63, 3.8) is 0 Å². The number of benzene rings is 1. The fraction of sp³-hybridized carbons (Fsp3) is 0.429. The monoisotopic (exact) mass is 262 g/mol. The molecule has 1 aromatic carbocycles. The van der Waals surface area contributed by atoms with Gasteiger partial charge in [-0.05, 0) is 18.1 Å². The molecule has 1 aliphatic rings. The summed E-state index contributed by atoms with van der Waals surface area (Å²) in [6, 6.07) is 7.70. The molecule has 0 saturated heterocycles. The van der Waals surface area contributed by atoms with E-state index in [1.54, 1.807) is 14.1 Å². The Balaban J connectivity index is 1.90. The number of para-hydroxylation sites is 1. The maximum atomic E-state index is 12.0. The van der Waals surface area contributed by atoms with Crippen LogP contribution >= 0.6 is 0 Å². The van der Waals surface area contributed by atoms with Crippen LogP contribution in [-0.4, -0.2) is 44.0 Å². The number of carbonyl (C=O) groups is 2. The van der Waals surface area contributed by atoms with E-state index in [1.807, 2.05) is 24.3 Å². The van der Waals surface area contributed by atoms with Gasteiger partial charge in [0.05, 0.1) is 12.5 Å². The third-order valence-corrected chi connectivity index (χ3v) is 3.16. The van der Waals surface area contributed by atoms with Crippen molar-refractivity contribution in [1.82, 2.24) is 10.2 Å². The Labute approximate surface area is 112 Å². The number of rotatable bonds is 3. The molecule has 0 radical (unpaired) electrons. The van der Waals surface area contributed by atoms with Gasteiger partial charge in [0.1, 0.15) is 12.4 Å². The van der Waals surface area contributed by atoms with E-state index in [2.05, 4.69) is 5.32 Å². The highest BCUT2D eigenvalue weighted by atomic mass is 16.5. The van der Waals surface area contributed by atoms with Crippen LogP contribution in [0.3, 0.4) is 0 Å². The number of amides is 2. The molecule has 0 aliphatic carbocycles. The highest BCUT2D eigenvalue weighted by molar-refractivity contribution is 5.86. The van der Waals surface area contributed by atoms with Gasteiger partial charge in [0.25, 0.3) is 0 Å². The molecule has 0 spiro atoms. The molecule has 1 aromatic rings. The summed E-state index contributed by atoms with van der Waals surface area (Å²) >= 11 is 0. The van der Waals surface area contributed by atoms with Gasteiger partial charge in [-0.25, -0.2) is 0 Å². The van der Waals surface area contributed by atoms with E-state index in [1.165, 1.54) is 4.90 Å². The molecule has 19 heavy (non-hydrogen) atoms. The van der Waals surface area contributed by atoms with E-state index in [0.717, 1.165) is 11.3 Å². The first-order valence-electron chi connectivity index (χ1n) is 6.26. The number of nitrogens with one attached hydrogen (secondary N) is 1. The van der Waals surface area contributed by atoms with Gasteiger partial charge >= 0.3 is 0 Å². The van der Waals surface area contributed by atoms with Gasteiger partial charge in [0.15, 0.2) is 0 Å². The Morgan fingerprint density at radius 2 is 2.11 bits per heavy atom. The van der Waals surface area contributed by atoms with Crippen molar-refractivity contribution in [1.29, 1.82) is 0 Å². The summed E-state index contributed by atoms with van der Waals surface area (Å²) in [4.78, 5) is 24.8. The van der Waals surface area contributed by atoms with Gasteiger partial charge in [-0.1, -0.05) is 18.2 Å². The molecule has 2 amide bonds. The van der Waals surface area contributed by atoms with E-state index in [-0.39, 0.29) is 24.3 Å². The Hall–Kier alpha value is -2.04. The second-order valence-corrected chi connectivity index (χ2v) is 4.83. The maximum Gasteiger partial charge on any atom is 0.241 e. The molecule has 102 valence electrons. The molecule has 2 rings (SSSR count). The van der Waals surface area contributed by atoms with E-state index in [9.17, 15) is 9.59 Å². The van der Waals surface area contributed by atoms with Crippen LogP contribution in [0.15, 0.2) is 24.3 Å². The molecular weight excluding hydrogens is 244 g/mol. The van der Waals surface area contributed by atoms with Gasteiger partial charge < -0.3 is 15.0 Å². The summed E-state index contributed by atoms with van der Waals surface area (Å²) in [6.07, 6.45) is 0.651. The quantitative estimate of drug-likeness (QED) is 0.860. The van der Waals surface area contributed by atoms with Crippen molar-refractivity contribution in [2.45, 2.75) is 6.42 Å². The number of fused-ring (bicyclic) bond motifs is 1. The van der Waals surface area contributed by atoms with Crippen molar-refractivity contribution in [3.05, 3.63) is 29.8 Å². The zero-order chi connectivity index (χ0) is 13.8. The zero-order valence-corrected chi connectivity index (χ0v) is 11.2. The van der Waals surface area contributed by atoms with Crippen LogP contribution in [0.5, 0.6) is 5.75 Å². The normalized spacial score (nSPS) is 17.1. The lowest BCUT2D eigenvalue weighted by Crippen LogP contribution is -2.42. The summed E-state index contributed by atoms with van der Waals surface area (Å²) in [5.41, 5.74) is 1.04. The van der Waals surface area contributed by atoms with Gasteiger partial charge in [-0.2, -0.15) is 0 Å².